The standard InChI is InChI=1S/C12H9N5O/c13-12-14-6-9-10(16-12)17(7-15-9)11(18)8-4-2-1-3-5-8/h1-7H,(H2,13,14,16). The van der Waals surface area contributed by atoms with E-state index in [1.807, 2.05) is 6.07 Å². The number of carbonyl (C=O) groups is 1. The topological polar surface area (TPSA) is 86.7 Å². The van der Waals surface area contributed by atoms with Crippen molar-refractivity contribution in [2.24, 2.45) is 0 Å². The second-order valence-electron chi connectivity index (χ2n) is 3.72. The van der Waals surface area contributed by atoms with Crippen molar-refractivity contribution in [3.63, 3.8) is 0 Å². The van der Waals surface area contributed by atoms with E-state index in [4.69, 9.17) is 5.73 Å². The van der Waals surface area contributed by atoms with E-state index < -0.39 is 0 Å². The Bertz CT molecular complexity index is 720. The first-order valence-corrected chi connectivity index (χ1v) is 5.31. The van der Waals surface area contributed by atoms with E-state index in [0.29, 0.717) is 16.7 Å². The number of hydrogen-bond acceptors (Lipinski definition) is 5. The highest BCUT2D eigenvalue weighted by Crippen LogP contribution is 2.12. The van der Waals surface area contributed by atoms with E-state index in [0.717, 1.165) is 0 Å². The van der Waals surface area contributed by atoms with Gasteiger partial charge in [-0.2, -0.15) is 4.98 Å². The summed E-state index contributed by atoms with van der Waals surface area (Å²) in [7, 11) is 0. The molecule has 6 nitrogen and oxygen atoms in total. The number of fused-ring (bicyclic) bond motifs is 1. The highest BCUT2D eigenvalue weighted by Gasteiger charge is 2.13. The molecule has 2 N–H and O–H groups in total. The van der Waals surface area contributed by atoms with Crippen molar-refractivity contribution < 1.29 is 4.79 Å². The summed E-state index contributed by atoms with van der Waals surface area (Å²) in [5.41, 5.74) is 7.03. The molecule has 2 aromatic heterocycles. The second kappa shape index (κ2) is 3.92. The Labute approximate surface area is 102 Å². The van der Waals surface area contributed by atoms with Crippen molar-refractivity contribution in [1.82, 2.24) is 19.5 Å². The zero-order chi connectivity index (χ0) is 12.5. The van der Waals surface area contributed by atoms with Gasteiger partial charge in [0.05, 0.1) is 6.20 Å². The number of aromatic nitrogens is 4. The lowest BCUT2D eigenvalue weighted by molar-refractivity contribution is 0.0964. The quantitative estimate of drug-likeness (QED) is 0.687. The van der Waals surface area contributed by atoms with Gasteiger partial charge in [0.25, 0.3) is 5.91 Å². The number of anilines is 1. The SMILES string of the molecule is Nc1ncc2ncn(C(=O)c3ccccc3)c2n1. The summed E-state index contributed by atoms with van der Waals surface area (Å²) in [5, 5.41) is 0. The van der Waals surface area contributed by atoms with Gasteiger partial charge in [0, 0.05) is 5.56 Å². The fourth-order valence-electron chi connectivity index (χ4n) is 1.69. The highest BCUT2D eigenvalue weighted by atomic mass is 16.2. The molecule has 0 bridgehead atoms. The first kappa shape index (κ1) is 10.4. The Kier molecular flexibility index (Phi) is 2.26. The third-order valence-corrected chi connectivity index (χ3v) is 2.55. The van der Waals surface area contributed by atoms with E-state index in [2.05, 4.69) is 15.0 Å². The molecule has 3 aromatic rings. The summed E-state index contributed by atoms with van der Waals surface area (Å²) in [6.45, 7) is 0. The molecule has 2 heterocycles. The van der Waals surface area contributed by atoms with Crippen molar-refractivity contribution in [2.45, 2.75) is 0 Å². The van der Waals surface area contributed by atoms with Crippen molar-refractivity contribution in [2.75, 3.05) is 5.73 Å². The number of benzene rings is 1. The smallest absolute Gasteiger partial charge is 0.264 e. The van der Waals surface area contributed by atoms with Gasteiger partial charge in [-0.1, -0.05) is 18.2 Å². The molecule has 0 aliphatic carbocycles. The lowest BCUT2D eigenvalue weighted by Crippen LogP contribution is -2.11. The van der Waals surface area contributed by atoms with E-state index in [1.165, 1.54) is 17.1 Å². The average molecular weight is 239 g/mol. The fourth-order valence-corrected chi connectivity index (χ4v) is 1.69. The molecule has 88 valence electrons. The first-order valence-electron chi connectivity index (χ1n) is 5.31. The fraction of sp³-hybridized carbons (Fsp3) is 0. The number of hydrogen-bond donors (Lipinski definition) is 1. The summed E-state index contributed by atoms with van der Waals surface area (Å²) in [5.74, 6) is -0.0821. The van der Waals surface area contributed by atoms with Crippen LogP contribution in [0.2, 0.25) is 0 Å². The van der Waals surface area contributed by atoms with Gasteiger partial charge in [0.2, 0.25) is 5.95 Å². The van der Waals surface area contributed by atoms with Gasteiger partial charge in [-0.3, -0.25) is 4.79 Å². The lowest BCUT2D eigenvalue weighted by atomic mass is 10.2. The number of imidazole rings is 1. The maximum atomic E-state index is 12.3. The van der Waals surface area contributed by atoms with Gasteiger partial charge in [-0.15, -0.1) is 0 Å². The summed E-state index contributed by atoms with van der Waals surface area (Å²) in [6.07, 6.45) is 2.92. The molecule has 0 aliphatic heterocycles. The van der Waals surface area contributed by atoms with Crippen molar-refractivity contribution >= 4 is 23.0 Å². The maximum Gasteiger partial charge on any atom is 0.264 e. The molecular formula is C12H9N5O. The molecule has 0 unspecified atom stereocenters. The van der Waals surface area contributed by atoms with Crippen LogP contribution in [0.4, 0.5) is 5.95 Å². The van der Waals surface area contributed by atoms with Gasteiger partial charge in [-0.25, -0.2) is 14.5 Å². The minimum Gasteiger partial charge on any atom is -0.368 e. The predicted octanol–water partition coefficient (Wildman–Crippen LogP) is 1.10. The average Bonchev–Trinajstić information content (AvgIpc) is 2.82. The van der Waals surface area contributed by atoms with Crippen LogP contribution >= 0.6 is 0 Å². The van der Waals surface area contributed by atoms with Crippen LogP contribution in [-0.2, 0) is 0 Å². The Hall–Kier alpha value is -2.76. The molecule has 1 aromatic carbocycles. The number of carbonyl (C=O) groups excluding carboxylic acids is 1. The Morgan fingerprint density at radius 3 is 2.72 bits per heavy atom. The Balaban J connectivity index is 2.15. The monoisotopic (exact) mass is 239 g/mol. The van der Waals surface area contributed by atoms with E-state index in [1.54, 1.807) is 24.3 Å². The van der Waals surface area contributed by atoms with Crippen LogP contribution in [0.1, 0.15) is 10.4 Å². The van der Waals surface area contributed by atoms with Crippen LogP contribution in [0.3, 0.4) is 0 Å². The van der Waals surface area contributed by atoms with Crippen molar-refractivity contribution in [1.29, 1.82) is 0 Å². The largest absolute Gasteiger partial charge is 0.368 e. The van der Waals surface area contributed by atoms with E-state index in [9.17, 15) is 4.79 Å². The molecule has 0 atom stereocenters. The molecular weight excluding hydrogens is 230 g/mol. The molecule has 0 radical (unpaired) electrons. The maximum absolute atomic E-state index is 12.3. The summed E-state index contributed by atoms with van der Waals surface area (Å²) >= 11 is 0. The Morgan fingerprint density at radius 2 is 1.94 bits per heavy atom. The minimum atomic E-state index is -0.198. The number of nitrogens with zero attached hydrogens (tertiary/aromatic N) is 4. The summed E-state index contributed by atoms with van der Waals surface area (Å²) < 4.78 is 1.36. The lowest BCUT2D eigenvalue weighted by Gasteiger charge is -2.02. The van der Waals surface area contributed by atoms with Gasteiger partial charge < -0.3 is 5.73 Å². The molecule has 18 heavy (non-hydrogen) atoms. The zero-order valence-electron chi connectivity index (χ0n) is 9.32. The first-order chi connectivity index (χ1) is 8.75. The highest BCUT2D eigenvalue weighted by molar-refractivity contribution is 6.00. The molecule has 6 heteroatoms. The van der Waals surface area contributed by atoms with Crippen LogP contribution in [0.15, 0.2) is 42.9 Å². The molecule has 3 rings (SSSR count). The van der Waals surface area contributed by atoms with Crippen LogP contribution in [0, 0.1) is 0 Å². The molecule has 0 amide bonds. The van der Waals surface area contributed by atoms with Gasteiger partial charge in [0.15, 0.2) is 5.65 Å². The van der Waals surface area contributed by atoms with Crippen LogP contribution in [-0.4, -0.2) is 25.4 Å². The van der Waals surface area contributed by atoms with Crippen molar-refractivity contribution in [3.8, 4) is 0 Å². The number of rotatable bonds is 1. The zero-order valence-corrected chi connectivity index (χ0v) is 9.32. The van der Waals surface area contributed by atoms with E-state index in [-0.39, 0.29) is 11.9 Å². The summed E-state index contributed by atoms with van der Waals surface area (Å²) in [6, 6.07) is 8.92. The van der Waals surface area contributed by atoms with Crippen LogP contribution < -0.4 is 5.73 Å². The Morgan fingerprint density at radius 1 is 1.17 bits per heavy atom. The molecule has 0 saturated heterocycles. The van der Waals surface area contributed by atoms with Gasteiger partial charge in [-0.05, 0) is 12.1 Å². The third kappa shape index (κ3) is 1.60. The molecule has 0 saturated carbocycles. The minimum absolute atomic E-state index is 0.116. The number of nitrogens with two attached hydrogens (primary N) is 1. The second-order valence-corrected chi connectivity index (χ2v) is 3.72. The molecule has 0 aliphatic rings. The predicted molar refractivity (Wildman–Crippen MR) is 65.9 cm³/mol. The van der Waals surface area contributed by atoms with Crippen LogP contribution in [0.5, 0.6) is 0 Å². The molecule has 0 spiro atoms. The van der Waals surface area contributed by atoms with Gasteiger partial charge in [0.1, 0.15) is 11.8 Å². The third-order valence-electron chi connectivity index (χ3n) is 2.55. The number of nitrogen functional groups attached to an aromatic ring is 1. The van der Waals surface area contributed by atoms with E-state index >= 15 is 0 Å². The molecule has 0 fully saturated rings. The van der Waals surface area contributed by atoms with Crippen LogP contribution in [0.25, 0.3) is 11.2 Å². The summed E-state index contributed by atoms with van der Waals surface area (Å²) in [4.78, 5) is 24.2. The normalized spacial score (nSPS) is 10.7. The van der Waals surface area contributed by atoms with Crippen molar-refractivity contribution in [3.05, 3.63) is 48.4 Å². The van der Waals surface area contributed by atoms with Gasteiger partial charge >= 0.3 is 0 Å².